The standard InChI is InChI=1S/C47H31N/c1-3-17-34(18-4-1)48(35-19-5-2-6-20-35)36-27-28-41-38-22-10-9-21-37(38)39-23-11-13-25-43(39)47(46(41)31-36)44-26-14-12-24-40(44)42-29-32-15-7-8-16-33(32)30-45(42)47/h1-31H. The summed E-state index contributed by atoms with van der Waals surface area (Å²) in [6, 6.07) is 69.5. The number of para-hydroxylation sites is 2. The van der Waals surface area contributed by atoms with E-state index in [9.17, 15) is 0 Å². The molecule has 224 valence electrons. The van der Waals surface area contributed by atoms with Crippen molar-refractivity contribution >= 4 is 27.8 Å². The summed E-state index contributed by atoms with van der Waals surface area (Å²) >= 11 is 0. The van der Waals surface area contributed by atoms with Gasteiger partial charge in [0.25, 0.3) is 0 Å². The van der Waals surface area contributed by atoms with Gasteiger partial charge >= 0.3 is 0 Å². The van der Waals surface area contributed by atoms with E-state index in [1.807, 2.05) is 0 Å². The average molecular weight is 610 g/mol. The zero-order valence-electron chi connectivity index (χ0n) is 26.3. The monoisotopic (exact) mass is 609 g/mol. The number of hydrogen-bond acceptors (Lipinski definition) is 1. The summed E-state index contributed by atoms with van der Waals surface area (Å²) in [5.74, 6) is 0. The van der Waals surface area contributed by atoms with E-state index in [0.717, 1.165) is 17.1 Å². The lowest BCUT2D eigenvalue weighted by molar-refractivity contribution is 0.776. The van der Waals surface area contributed by atoms with Crippen LogP contribution in [0.25, 0.3) is 44.2 Å². The van der Waals surface area contributed by atoms with Gasteiger partial charge in [0, 0.05) is 17.1 Å². The van der Waals surface area contributed by atoms with Crippen molar-refractivity contribution in [3.63, 3.8) is 0 Å². The third kappa shape index (κ3) is 3.73. The Morgan fingerprint density at radius 1 is 0.271 bits per heavy atom. The van der Waals surface area contributed by atoms with E-state index in [-0.39, 0.29) is 0 Å². The van der Waals surface area contributed by atoms with E-state index in [4.69, 9.17) is 0 Å². The largest absolute Gasteiger partial charge is 0.310 e. The smallest absolute Gasteiger partial charge is 0.0726 e. The van der Waals surface area contributed by atoms with Crippen LogP contribution in [0.1, 0.15) is 22.3 Å². The Kier molecular flexibility index (Phi) is 5.86. The van der Waals surface area contributed by atoms with Crippen LogP contribution in [0.15, 0.2) is 188 Å². The Hall–Kier alpha value is -6.18. The van der Waals surface area contributed by atoms with Gasteiger partial charge in [0.15, 0.2) is 0 Å². The second-order valence-electron chi connectivity index (χ2n) is 12.9. The number of fused-ring (bicyclic) bond motifs is 13. The quantitative estimate of drug-likeness (QED) is 0.193. The van der Waals surface area contributed by atoms with Gasteiger partial charge in [-0.3, -0.25) is 0 Å². The molecule has 8 aromatic rings. The number of hydrogen-bond donors (Lipinski definition) is 0. The van der Waals surface area contributed by atoms with Crippen LogP contribution in [0.3, 0.4) is 0 Å². The predicted octanol–water partition coefficient (Wildman–Crippen LogP) is 12.3. The molecule has 1 heteroatoms. The molecule has 0 heterocycles. The Morgan fingerprint density at radius 2 is 0.708 bits per heavy atom. The first-order chi connectivity index (χ1) is 23.8. The molecule has 1 nitrogen and oxygen atoms in total. The highest BCUT2D eigenvalue weighted by Crippen LogP contribution is 2.62. The first-order valence-electron chi connectivity index (χ1n) is 16.7. The lowest BCUT2D eigenvalue weighted by Gasteiger charge is -2.36. The Labute approximate surface area is 281 Å². The molecule has 0 radical (unpaired) electrons. The Balaban J connectivity index is 1.39. The fourth-order valence-corrected chi connectivity index (χ4v) is 8.50. The number of benzene rings is 8. The highest BCUT2D eigenvalue weighted by molar-refractivity contribution is 6.01. The van der Waals surface area contributed by atoms with Gasteiger partial charge in [0.1, 0.15) is 0 Å². The topological polar surface area (TPSA) is 3.24 Å². The first kappa shape index (κ1) is 27.0. The van der Waals surface area contributed by atoms with Crippen molar-refractivity contribution in [1.82, 2.24) is 0 Å². The normalized spacial score (nSPS) is 15.2. The molecule has 1 unspecified atom stereocenters. The summed E-state index contributed by atoms with van der Waals surface area (Å²) < 4.78 is 0. The van der Waals surface area contributed by atoms with Crippen LogP contribution in [0, 0.1) is 0 Å². The minimum absolute atomic E-state index is 0.546. The summed E-state index contributed by atoms with van der Waals surface area (Å²) in [5.41, 5.74) is 15.8. The van der Waals surface area contributed by atoms with Crippen LogP contribution in [0.5, 0.6) is 0 Å². The van der Waals surface area contributed by atoms with Crippen molar-refractivity contribution in [3.05, 3.63) is 210 Å². The molecule has 1 atom stereocenters. The highest BCUT2D eigenvalue weighted by atomic mass is 15.1. The maximum Gasteiger partial charge on any atom is 0.0726 e. The first-order valence-corrected chi connectivity index (χ1v) is 16.7. The molecule has 8 aromatic carbocycles. The Bertz CT molecular complexity index is 2470. The molecule has 0 saturated heterocycles. The number of rotatable bonds is 3. The summed E-state index contributed by atoms with van der Waals surface area (Å²) in [6.45, 7) is 0. The van der Waals surface area contributed by atoms with Crippen molar-refractivity contribution < 1.29 is 0 Å². The van der Waals surface area contributed by atoms with Crippen LogP contribution >= 0.6 is 0 Å². The molecule has 10 rings (SSSR count). The molecule has 0 aromatic heterocycles. The Morgan fingerprint density at radius 3 is 1.31 bits per heavy atom. The summed E-state index contributed by atoms with van der Waals surface area (Å²) in [4.78, 5) is 2.39. The van der Waals surface area contributed by atoms with Crippen LogP contribution in [-0.2, 0) is 5.41 Å². The van der Waals surface area contributed by atoms with Crippen molar-refractivity contribution in [2.75, 3.05) is 4.90 Å². The van der Waals surface area contributed by atoms with E-state index in [1.54, 1.807) is 0 Å². The summed E-state index contributed by atoms with van der Waals surface area (Å²) in [5, 5.41) is 2.53. The van der Waals surface area contributed by atoms with Crippen molar-refractivity contribution in [2.24, 2.45) is 0 Å². The second kappa shape index (κ2) is 10.4. The van der Waals surface area contributed by atoms with Crippen LogP contribution < -0.4 is 4.90 Å². The minimum atomic E-state index is -0.546. The van der Waals surface area contributed by atoms with Crippen molar-refractivity contribution in [1.29, 1.82) is 0 Å². The van der Waals surface area contributed by atoms with Gasteiger partial charge in [-0.2, -0.15) is 0 Å². The second-order valence-corrected chi connectivity index (χ2v) is 12.9. The molecular formula is C47H31N. The van der Waals surface area contributed by atoms with Gasteiger partial charge in [-0.25, -0.2) is 0 Å². The van der Waals surface area contributed by atoms with Gasteiger partial charge in [-0.1, -0.05) is 140 Å². The zero-order chi connectivity index (χ0) is 31.7. The van der Waals surface area contributed by atoms with Gasteiger partial charge in [-0.15, -0.1) is 0 Å². The van der Waals surface area contributed by atoms with Crippen LogP contribution in [0.4, 0.5) is 17.1 Å². The molecule has 48 heavy (non-hydrogen) atoms. The van der Waals surface area contributed by atoms with Crippen molar-refractivity contribution in [3.8, 4) is 33.4 Å². The van der Waals surface area contributed by atoms with E-state index in [0.29, 0.717) is 0 Å². The van der Waals surface area contributed by atoms with Gasteiger partial charge in [-0.05, 0) is 115 Å². The maximum absolute atomic E-state index is 2.48. The number of nitrogens with zero attached hydrogens (tertiary/aromatic N) is 1. The van der Waals surface area contributed by atoms with E-state index < -0.39 is 5.41 Å². The fraction of sp³-hybridized carbons (Fsp3) is 0.0213. The fourth-order valence-electron chi connectivity index (χ4n) is 8.50. The maximum atomic E-state index is 2.48. The predicted molar refractivity (Wildman–Crippen MR) is 200 cm³/mol. The van der Waals surface area contributed by atoms with Crippen LogP contribution in [0.2, 0.25) is 0 Å². The third-order valence-corrected chi connectivity index (χ3v) is 10.4. The molecule has 0 N–H and O–H groups in total. The number of anilines is 3. The molecule has 0 amide bonds. The molecule has 2 aliphatic rings. The SMILES string of the molecule is c1ccc(N(c2ccccc2)c2ccc3c(c2)C2(c4ccccc4-c4ccccc4-3)c3ccccc3-c3cc4ccccc4cc32)cc1. The average Bonchev–Trinajstić information content (AvgIpc) is 3.38. The lowest BCUT2D eigenvalue weighted by Crippen LogP contribution is -2.29. The molecule has 0 aliphatic heterocycles. The van der Waals surface area contributed by atoms with Crippen LogP contribution in [-0.4, -0.2) is 0 Å². The van der Waals surface area contributed by atoms with Gasteiger partial charge in [0.05, 0.1) is 5.41 Å². The van der Waals surface area contributed by atoms with E-state index in [1.165, 1.54) is 66.4 Å². The third-order valence-electron chi connectivity index (χ3n) is 10.4. The molecule has 0 saturated carbocycles. The highest BCUT2D eigenvalue weighted by Gasteiger charge is 2.50. The molecule has 0 fully saturated rings. The minimum Gasteiger partial charge on any atom is -0.310 e. The molecule has 2 aliphatic carbocycles. The summed E-state index contributed by atoms with van der Waals surface area (Å²) in [7, 11) is 0. The molecular weight excluding hydrogens is 579 g/mol. The van der Waals surface area contributed by atoms with E-state index in [2.05, 4.69) is 193 Å². The van der Waals surface area contributed by atoms with Crippen molar-refractivity contribution in [2.45, 2.75) is 5.41 Å². The molecule has 1 spiro atoms. The zero-order valence-corrected chi connectivity index (χ0v) is 26.3. The summed E-state index contributed by atoms with van der Waals surface area (Å²) in [6.07, 6.45) is 0. The lowest BCUT2D eigenvalue weighted by atomic mass is 9.65. The van der Waals surface area contributed by atoms with Gasteiger partial charge in [0.2, 0.25) is 0 Å². The van der Waals surface area contributed by atoms with E-state index >= 15 is 0 Å². The molecule has 0 bridgehead atoms. The van der Waals surface area contributed by atoms with Gasteiger partial charge < -0.3 is 4.90 Å².